The van der Waals surface area contributed by atoms with Crippen LogP contribution in [0.1, 0.15) is 40.0 Å². The normalized spacial score (nSPS) is 28.2. The van der Waals surface area contributed by atoms with Crippen molar-refractivity contribution in [1.82, 2.24) is 5.32 Å². The lowest BCUT2D eigenvalue weighted by Crippen LogP contribution is -2.58. The number of hydrogen-bond donors (Lipinski definition) is 1. The Morgan fingerprint density at radius 3 is 2.38 bits per heavy atom. The first-order chi connectivity index (χ1) is 9.51. The number of alkyl carbamates (subject to hydrolysis) is 1. The topological polar surface area (TPSA) is 90.9 Å². The third-order valence-corrected chi connectivity index (χ3v) is 4.24. The molecule has 1 amide bonds. The number of carbonyl (C=O) groups excluding carboxylic acids is 1. The molecule has 2 unspecified atom stereocenters. The molecule has 1 saturated heterocycles. The second-order valence-electron chi connectivity index (χ2n) is 6.69. The van der Waals surface area contributed by atoms with Gasteiger partial charge in [-0.05, 0) is 40.0 Å². The molecular formula is C13H23NO6S. The Morgan fingerprint density at radius 1 is 1.33 bits per heavy atom. The Bertz CT molecular complexity index is 505. The van der Waals surface area contributed by atoms with Crippen molar-refractivity contribution in [3.05, 3.63) is 0 Å². The predicted octanol–water partition coefficient (Wildman–Crippen LogP) is 1.18. The molecule has 8 heteroatoms. The Morgan fingerprint density at radius 2 is 1.95 bits per heavy atom. The summed E-state index contributed by atoms with van der Waals surface area (Å²) >= 11 is 0. The van der Waals surface area contributed by atoms with Gasteiger partial charge in [0, 0.05) is 0 Å². The summed E-state index contributed by atoms with van der Waals surface area (Å²) in [5.74, 6) is 0. The largest absolute Gasteiger partial charge is 0.444 e. The molecule has 0 radical (unpaired) electrons. The van der Waals surface area contributed by atoms with Crippen molar-refractivity contribution in [3.8, 4) is 0 Å². The molecule has 122 valence electrons. The van der Waals surface area contributed by atoms with Gasteiger partial charge in [-0.15, -0.1) is 0 Å². The van der Waals surface area contributed by atoms with E-state index in [4.69, 9.17) is 13.7 Å². The summed E-state index contributed by atoms with van der Waals surface area (Å²) in [6.45, 7) is 5.44. The Balaban J connectivity index is 2.08. The molecule has 1 N–H and O–H groups in total. The second-order valence-corrected chi connectivity index (χ2v) is 8.29. The molecule has 2 atom stereocenters. The zero-order valence-electron chi connectivity index (χ0n) is 12.8. The first-order valence-electron chi connectivity index (χ1n) is 7.03. The summed E-state index contributed by atoms with van der Waals surface area (Å²) in [6, 6.07) is -0.518. The molecule has 0 aromatic carbocycles. The van der Waals surface area contributed by atoms with E-state index in [0.29, 0.717) is 0 Å². The van der Waals surface area contributed by atoms with Gasteiger partial charge in [0.05, 0.1) is 24.5 Å². The monoisotopic (exact) mass is 321 g/mol. The van der Waals surface area contributed by atoms with Crippen LogP contribution in [0.2, 0.25) is 0 Å². The van der Waals surface area contributed by atoms with E-state index in [1.54, 1.807) is 20.8 Å². The van der Waals surface area contributed by atoms with Crippen molar-refractivity contribution in [2.24, 2.45) is 0 Å². The van der Waals surface area contributed by atoms with Gasteiger partial charge in [-0.3, -0.25) is 4.18 Å². The molecule has 0 aromatic rings. The number of ether oxygens (including phenoxy) is 2. The highest BCUT2D eigenvalue weighted by Gasteiger charge is 2.55. The van der Waals surface area contributed by atoms with E-state index in [0.717, 1.165) is 25.5 Å². The fraction of sp³-hybridized carbons (Fsp3) is 0.923. The first kappa shape index (κ1) is 16.5. The fourth-order valence-electron chi connectivity index (χ4n) is 2.72. The molecule has 1 heterocycles. The Kier molecular flexibility index (Phi) is 4.25. The molecule has 0 bridgehead atoms. The molecule has 1 aliphatic carbocycles. The molecule has 7 nitrogen and oxygen atoms in total. The van der Waals surface area contributed by atoms with Crippen LogP contribution in [0.15, 0.2) is 0 Å². The van der Waals surface area contributed by atoms with Crippen LogP contribution in [-0.4, -0.2) is 50.7 Å². The third kappa shape index (κ3) is 4.08. The Hall–Kier alpha value is -0.860. The summed E-state index contributed by atoms with van der Waals surface area (Å²) in [6.07, 6.45) is 2.22. The van der Waals surface area contributed by atoms with E-state index in [2.05, 4.69) is 5.32 Å². The van der Waals surface area contributed by atoms with Gasteiger partial charge in [-0.2, -0.15) is 8.42 Å². The summed E-state index contributed by atoms with van der Waals surface area (Å²) in [5, 5.41) is 2.73. The molecule has 1 aliphatic heterocycles. The van der Waals surface area contributed by atoms with Crippen molar-refractivity contribution in [3.63, 3.8) is 0 Å². The summed E-state index contributed by atoms with van der Waals surface area (Å²) in [4.78, 5) is 12.0. The highest BCUT2D eigenvalue weighted by atomic mass is 32.2. The minimum atomic E-state index is -3.62. The van der Waals surface area contributed by atoms with Crippen LogP contribution >= 0.6 is 0 Å². The number of rotatable bonds is 3. The minimum Gasteiger partial charge on any atom is -0.444 e. The van der Waals surface area contributed by atoms with Gasteiger partial charge < -0.3 is 14.8 Å². The van der Waals surface area contributed by atoms with Crippen LogP contribution in [0.3, 0.4) is 0 Å². The fourth-order valence-corrected chi connectivity index (χ4v) is 3.34. The van der Waals surface area contributed by atoms with Gasteiger partial charge in [-0.1, -0.05) is 0 Å². The maximum atomic E-state index is 12.0. The van der Waals surface area contributed by atoms with Crippen LogP contribution in [-0.2, 0) is 23.8 Å². The molecule has 1 spiro atoms. The number of amides is 1. The minimum absolute atomic E-state index is 0.146. The van der Waals surface area contributed by atoms with Gasteiger partial charge >= 0.3 is 6.09 Å². The van der Waals surface area contributed by atoms with E-state index in [9.17, 15) is 13.2 Å². The second kappa shape index (κ2) is 5.40. The highest BCUT2D eigenvalue weighted by molar-refractivity contribution is 7.86. The summed E-state index contributed by atoms with van der Waals surface area (Å²) in [5.41, 5.74) is -1.14. The molecule has 1 saturated carbocycles. The van der Waals surface area contributed by atoms with Crippen molar-refractivity contribution in [2.45, 2.75) is 63.4 Å². The van der Waals surface area contributed by atoms with Crippen LogP contribution in [0.5, 0.6) is 0 Å². The smallest absolute Gasteiger partial charge is 0.408 e. The summed E-state index contributed by atoms with van der Waals surface area (Å²) < 4.78 is 38.7. The third-order valence-electron chi connectivity index (χ3n) is 3.64. The highest BCUT2D eigenvalue weighted by Crippen LogP contribution is 2.44. The van der Waals surface area contributed by atoms with E-state index >= 15 is 0 Å². The number of nitrogens with one attached hydrogen (secondary N) is 1. The molecule has 21 heavy (non-hydrogen) atoms. The van der Waals surface area contributed by atoms with E-state index in [1.165, 1.54) is 0 Å². The lowest BCUT2D eigenvalue weighted by atomic mass is 9.74. The van der Waals surface area contributed by atoms with Gasteiger partial charge in [0.15, 0.2) is 0 Å². The van der Waals surface area contributed by atoms with Crippen molar-refractivity contribution < 1.29 is 26.9 Å². The maximum absolute atomic E-state index is 12.0. The molecular weight excluding hydrogens is 298 g/mol. The van der Waals surface area contributed by atoms with E-state index in [-0.39, 0.29) is 6.61 Å². The van der Waals surface area contributed by atoms with Gasteiger partial charge in [-0.25, -0.2) is 4.79 Å². The first-order valence-corrected chi connectivity index (χ1v) is 8.84. The predicted molar refractivity (Wildman–Crippen MR) is 75.4 cm³/mol. The Labute approximate surface area is 125 Å². The van der Waals surface area contributed by atoms with E-state index < -0.39 is 39.6 Å². The molecule has 2 fully saturated rings. The molecule has 0 aromatic heterocycles. The van der Waals surface area contributed by atoms with Crippen LogP contribution in [0, 0.1) is 0 Å². The van der Waals surface area contributed by atoms with E-state index in [1.807, 2.05) is 0 Å². The van der Waals surface area contributed by atoms with Crippen LogP contribution in [0.25, 0.3) is 0 Å². The zero-order chi connectivity index (χ0) is 15.9. The lowest BCUT2D eigenvalue weighted by Gasteiger charge is -2.42. The summed E-state index contributed by atoms with van der Waals surface area (Å²) in [7, 11) is -3.62. The SMILES string of the molecule is CC(C)(C)OC(=O)NC1C(OS(C)(=O)=O)COC12CCC2. The van der Waals surface area contributed by atoms with Gasteiger partial charge in [0.25, 0.3) is 10.1 Å². The number of hydrogen-bond acceptors (Lipinski definition) is 6. The standard InChI is InChI=1S/C13H23NO6S/c1-12(2,3)19-11(15)14-10-9(20-21(4,16)17)8-18-13(10)6-5-7-13/h9-10H,5-8H2,1-4H3,(H,14,15). The van der Waals surface area contributed by atoms with Crippen molar-refractivity contribution in [2.75, 3.05) is 12.9 Å². The number of carbonyl (C=O) groups is 1. The maximum Gasteiger partial charge on any atom is 0.408 e. The van der Waals surface area contributed by atoms with Crippen molar-refractivity contribution >= 4 is 16.2 Å². The van der Waals surface area contributed by atoms with Gasteiger partial charge in [0.1, 0.15) is 11.7 Å². The molecule has 2 rings (SSSR count). The van der Waals surface area contributed by atoms with Gasteiger partial charge in [0.2, 0.25) is 0 Å². The average molecular weight is 321 g/mol. The average Bonchev–Trinajstić information content (AvgIpc) is 2.51. The lowest BCUT2D eigenvalue weighted by molar-refractivity contribution is -0.0710. The quantitative estimate of drug-likeness (QED) is 0.785. The molecule has 2 aliphatic rings. The van der Waals surface area contributed by atoms with Crippen LogP contribution in [0.4, 0.5) is 4.79 Å². The zero-order valence-corrected chi connectivity index (χ0v) is 13.7. The van der Waals surface area contributed by atoms with Crippen LogP contribution < -0.4 is 5.32 Å². The van der Waals surface area contributed by atoms with Crippen molar-refractivity contribution in [1.29, 1.82) is 0 Å².